The molecule has 0 radical (unpaired) electrons. The van der Waals surface area contributed by atoms with Gasteiger partial charge in [0.1, 0.15) is 0 Å². The van der Waals surface area contributed by atoms with Gasteiger partial charge >= 0.3 is 6.18 Å². The van der Waals surface area contributed by atoms with Crippen LogP contribution in [0.2, 0.25) is 0 Å². The molecule has 14 heavy (non-hydrogen) atoms. The van der Waals surface area contributed by atoms with Gasteiger partial charge in [-0.05, 0) is 26.4 Å². The topological polar surface area (TPSA) is 3.24 Å². The van der Waals surface area contributed by atoms with Crippen LogP contribution in [0.15, 0.2) is 0 Å². The maximum atomic E-state index is 11.9. The Labute approximate surface area is 88.2 Å². The van der Waals surface area contributed by atoms with Crippen molar-refractivity contribution in [2.24, 2.45) is 0 Å². The van der Waals surface area contributed by atoms with Gasteiger partial charge in [0.25, 0.3) is 0 Å². The van der Waals surface area contributed by atoms with Crippen LogP contribution in [0.4, 0.5) is 13.2 Å². The molecule has 0 amide bonds. The van der Waals surface area contributed by atoms with Crippen LogP contribution in [-0.4, -0.2) is 37.1 Å². The van der Waals surface area contributed by atoms with Crippen molar-refractivity contribution in [3.8, 4) is 0 Å². The van der Waals surface area contributed by atoms with E-state index in [-0.39, 0.29) is 0 Å². The van der Waals surface area contributed by atoms with Crippen LogP contribution in [0.3, 0.4) is 0 Å². The standard InChI is InChI=1S/C9H17ClF3N/c1-14(8-9(11,12)13)7-5-3-2-4-6-10/h2-8H2,1H3. The summed E-state index contributed by atoms with van der Waals surface area (Å²) in [6.45, 7) is -0.315. The quantitative estimate of drug-likeness (QED) is 0.480. The number of rotatable bonds is 7. The van der Waals surface area contributed by atoms with Gasteiger partial charge in [0, 0.05) is 5.88 Å². The third kappa shape index (κ3) is 10.1. The molecule has 5 heteroatoms. The highest BCUT2D eigenvalue weighted by molar-refractivity contribution is 6.17. The summed E-state index contributed by atoms with van der Waals surface area (Å²) < 4.78 is 35.6. The predicted molar refractivity (Wildman–Crippen MR) is 52.7 cm³/mol. The van der Waals surface area contributed by atoms with Crippen molar-refractivity contribution in [3.63, 3.8) is 0 Å². The van der Waals surface area contributed by atoms with Crippen LogP contribution in [0, 0.1) is 0 Å². The number of hydrogen-bond donors (Lipinski definition) is 0. The molecule has 1 nitrogen and oxygen atoms in total. The summed E-state index contributed by atoms with van der Waals surface area (Å²) in [5.74, 6) is 0.637. The summed E-state index contributed by atoms with van der Waals surface area (Å²) in [5, 5.41) is 0. The molecule has 0 spiro atoms. The maximum absolute atomic E-state index is 11.9. The Morgan fingerprint density at radius 2 is 1.64 bits per heavy atom. The van der Waals surface area contributed by atoms with Gasteiger partial charge < -0.3 is 0 Å². The van der Waals surface area contributed by atoms with Crippen molar-refractivity contribution in [2.75, 3.05) is 26.0 Å². The van der Waals surface area contributed by atoms with E-state index in [9.17, 15) is 13.2 Å². The minimum absolute atomic E-state index is 0.502. The fraction of sp³-hybridized carbons (Fsp3) is 1.00. The normalized spacial score (nSPS) is 12.4. The average molecular weight is 232 g/mol. The smallest absolute Gasteiger partial charge is 0.298 e. The number of hydrogen-bond acceptors (Lipinski definition) is 1. The lowest BCUT2D eigenvalue weighted by Gasteiger charge is -2.18. The third-order valence-electron chi connectivity index (χ3n) is 1.87. The molecule has 0 N–H and O–H groups in total. The number of halogens is 4. The minimum atomic E-state index is -4.08. The molecule has 0 aromatic carbocycles. The summed E-state index contributed by atoms with van der Waals surface area (Å²) in [7, 11) is 1.50. The fourth-order valence-corrected chi connectivity index (χ4v) is 1.40. The molecule has 0 aliphatic rings. The lowest BCUT2D eigenvalue weighted by atomic mass is 10.2. The van der Waals surface area contributed by atoms with E-state index < -0.39 is 12.7 Å². The molecule has 0 bridgehead atoms. The molecule has 0 saturated carbocycles. The van der Waals surface area contributed by atoms with Gasteiger partial charge in [0.2, 0.25) is 0 Å². The van der Waals surface area contributed by atoms with Crippen molar-refractivity contribution in [1.29, 1.82) is 0 Å². The van der Waals surface area contributed by atoms with Crippen LogP contribution in [0.1, 0.15) is 25.7 Å². The summed E-state index contributed by atoms with van der Waals surface area (Å²) in [6.07, 6.45) is -0.364. The summed E-state index contributed by atoms with van der Waals surface area (Å²) in [4.78, 5) is 1.31. The van der Waals surface area contributed by atoms with Gasteiger partial charge in [-0.2, -0.15) is 13.2 Å². The van der Waals surface area contributed by atoms with Gasteiger partial charge in [-0.15, -0.1) is 11.6 Å². The predicted octanol–water partition coefficient (Wildman–Crippen LogP) is 3.28. The average Bonchev–Trinajstić information content (AvgIpc) is 2.00. The molecule has 0 heterocycles. The molecule has 86 valence electrons. The highest BCUT2D eigenvalue weighted by Gasteiger charge is 2.28. The second-order valence-electron chi connectivity index (χ2n) is 3.46. The third-order valence-corrected chi connectivity index (χ3v) is 2.14. The Morgan fingerprint density at radius 3 is 2.14 bits per heavy atom. The van der Waals surface area contributed by atoms with Crippen LogP contribution < -0.4 is 0 Å². The Morgan fingerprint density at radius 1 is 1.07 bits per heavy atom. The second kappa shape index (κ2) is 7.35. The van der Waals surface area contributed by atoms with Crippen molar-refractivity contribution >= 4 is 11.6 Å². The molecule has 0 aliphatic carbocycles. The Bertz CT molecular complexity index is 139. The fourth-order valence-electron chi connectivity index (χ4n) is 1.21. The van der Waals surface area contributed by atoms with Gasteiger partial charge in [-0.25, -0.2) is 0 Å². The molecule has 0 atom stereocenters. The number of nitrogens with zero attached hydrogens (tertiary/aromatic N) is 1. The Kier molecular flexibility index (Phi) is 7.37. The summed E-state index contributed by atoms with van der Waals surface area (Å²) in [5.41, 5.74) is 0. The molecule has 0 fully saturated rings. The first-order chi connectivity index (χ1) is 6.45. The molecule has 0 aromatic rings. The molecule has 0 saturated heterocycles. The first-order valence-corrected chi connectivity index (χ1v) is 5.30. The van der Waals surface area contributed by atoms with Gasteiger partial charge in [0.15, 0.2) is 0 Å². The van der Waals surface area contributed by atoms with Crippen molar-refractivity contribution in [3.05, 3.63) is 0 Å². The van der Waals surface area contributed by atoms with Crippen LogP contribution >= 0.6 is 11.6 Å². The van der Waals surface area contributed by atoms with E-state index >= 15 is 0 Å². The zero-order chi connectivity index (χ0) is 11.0. The van der Waals surface area contributed by atoms with Gasteiger partial charge in [-0.3, -0.25) is 4.90 Å². The monoisotopic (exact) mass is 231 g/mol. The number of alkyl halides is 4. The van der Waals surface area contributed by atoms with E-state index in [4.69, 9.17) is 11.6 Å². The molecule has 0 unspecified atom stereocenters. The Balaban J connectivity index is 3.31. The first kappa shape index (κ1) is 14.0. The lowest BCUT2D eigenvalue weighted by Crippen LogP contribution is -2.31. The van der Waals surface area contributed by atoms with Crippen molar-refractivity contribution in [2.45, 2.75) is 31.9 Å². The maximum Gasteiger partial charge on any atom is 0.401 e. The SMILES string of the molecule is CN(CCCCCCCl)CC(F)(F)F. The zero-order valence-electron chi connectivity index (χ0n) is 8.41. The number of unbranched alkanes of at least 4 members (excludes halogenated alkanes) is 3. The largest absolute Gasteiger partial charge is 0.401 e. The highest BCUT2D eigenvalue weighted by Crippen LogP contribution is 2.15. The van der Waals surface area contributed by atoms with E-state index in [2.05, 4.69) is 0 Å². The van der Waals surface area contributed by atoms with E-state index in [1.165, 1.54) is 11.9 Å². The summed E-state index contributed by atoms with van der Waals surface area (Å²) in [6, 6.07) is 0. The molecular formula is C9H17ClF3N. The zero-order valence-corrected chi connectivity index (χ0v) is 9.16. The van der Waals surface area contributed by atoms with Crippen LogP contribution in [0.25, 0.3) is 0 Å². The lowest BCUT2D eigenvalue weighted by molar-refractivity contribution is -0.143. The van der Waals surface area contributed by atoms with E-state index in [1.807, 2.05) is 0 Å². The summed E-state index contributed by atoms with van der Waals surface area (Å²) >= 11 is 5.47. The van der Waals surface area contributed by atoms with Crippen molar-refractivity contribution < 1.29 is 13.2 Å². The molecular weight excluding hydrogens is 215 g/mol. The molecule has 0 rings (SSSR count). The van der Waals surface area contributed by atoms with Gasteiger partial charge in [0.05, 0.1) is 6.54 Å². The van der Waals surface area contributed by atoms with Crippen molar-refractivity contribution in [1.82, 2.24) is 4.90 Å². The minimum Gasteiger partial charge on any atom is -0.298 e. The Hall–Kier alpha value is 0.0400. The van der Waals surface area contributed by atoms with Gasteiger partial charge in [-0.1, -0.05) is 12.8 Å². The molecule has 0 aromatic heterocycles. The second-order valence-corrected chi connectivity index (χ2v) is 3.83. The van der Waals surface area contributed by atoms with Crippen LogP contribution in [-0.2, 0) is 0 Å². The van der Waals surface area contributed by atoms with Crippen LogP contribution in [0.5, 0.6) is 0 Å². The molecule has 0 aliphatic heterocycles. The van der Waals surface area contributed by atoms with E-state index in [0.717, 1.165) is 25.7 Å². The van der Waals surface area contributed by atoms with E-state index in [0.29, 0.717) is 12.4 Å². The highest BCUT2D eigenvalue weighted by atomic mass is 35.5. The first-order valence-electron chi connectivity index (χ1n) is 4.77. The van der Waals surface area contributed by atoms with E-state index in [1.54, 1.807) is 0 Å².